The molecule has 0 aliphatic heterocycles. The number of carboxylic acid groups (broad SMARTS) is 1. The summed E-state index contributed by atoms with van der Waals surface area (Å²) < 4.78 is 2.79. The van der Waals surface area contributed by atoms with Crippen molar-refractivity contribution in [1.82, 2.24) is 19.7 Å². The molecule has 20 heavy (non-hydrogen) atoms. The SMILES string of the molecule is CCCn1c(SCC(=O)O)nnc1-c1cncc(Br)c1. The molecule has 0 aliphatic carbocycles. The fraction of sp³-hybridized carbons (Fsp3) is 0.333. The van der Waals surface area contributed by atoms with Gasteiger partial charge >= 0.3 is 5.97 Å². The summed E-state index contributed by atoms with van der Waals surface area (Å²) in [5.41, 5.74) is 0.850. The molecule has 0 saturated heterocycles. The van der Waals surface area contributed by atoms with Crippen LogP contribution >= 0.6 is 27.7 Å². The Balaban J connectivity index is 2.35. The van der Waals surface area contributed by atoms with Crippen LogP contribution in [0.4, 0.5) is 0 Å². The monoisotopic (exact) mass is 356 g/mol. The number of halogens is 1. The summed E-state index contributed by atoms with van der Waals surface area (Å²) in [5, 5.41) is 17.6. The van der Waals surface area contributed by atoms with Crippen LogP contribution in [0.1, 0.15) is 13.3 Å². The molecule has 8 heteroatoms. The number of hydrogen-bond acceptors (Lipinski definition) is 5. The van der Waals surface area contributed by atoms with Crippen molar-refractivity contribution in [2.75, 3.05) is 5.75 Å². The van der Waals surface area contributed by atoms with Gasteiger partial charge in [-0.05, 0) is 28.4 Å². The van der Waals surface area contributed by atoms with Crippen molar-refractivity contribution >= 4 is 33.7 Å². The minimum absolute atomic E-state index is 0.0292. The van der Waals surface area contributed by atoms with E-state index in [4.69, 9.17) is 5.11 Å². The maximum atomic E-state index is 10.7. The molecule has 0 unspecified atom stereocenters. The highest BCUT2D eigenvalue weighted by atomic mass is 79.9. The molecule has 0 amide bonds. The van der Waals surface area contributed by atoms with Crippen LogP contribution in [0.25, 0.3) is 11.4 Å². The number of thioether (sulfide) groups is 1. The molecule has 1 N–H and O–H groups in total. The van der Waals surface area contributed by atoms with Crippen LogP contribution in [0.15, 0.2) is 28.1 Å². The predicted molar refractivity (Wildman–Crippen MR) is 79.6 cm³/mol. The zero-order valence-corrected chi connectivity index (χ0v) is 13.2. The molecule has 0 radical (unpaired) electrons. The lowest BCUT2D eigenvalue weighted by molar-refractivity contribution is -0.133. The van der Waals surface area contributed by atoms with Gasteiger partial charge in [-0.15, -0.1) is 10.2 Å². The molecular weight excluding hydrogens is 344 g/mol. The summed E-state index contributed by atoms with van der Waals surface area (Å²) in [5.74, 6) is -0.196. The second-order valence-corrected chi connectivity index (χ2v) is 5.89. The Hall–Kier alpha value is -1.41. The second kappa shape index (κ2) is 6.85. The highest BCUT2D eigenvalue weighted by molar-refractivity contribution is 9.10. The van der Waals surface area contributed by atoms with E-state index in [0.29, 0.717) is 11.0 Å². The second-order valence-electron chi connectivity index (χ2n) is 4.03. The lowest BCUT2D eigenvalue weighted by Crippen LogP contribution is -2.04. The van der Waals surface area contributed by atoms with Crippen LogP contribution in [0.2, 0.25) is 0 Å². The quantitative estimate of drug-likeness (QED) is 0.801. The minimum Gasteiger partial charge on any atom is -0.481 e. The number of rotatable bonds is 6. The molecule has 0 aliphatic rings. The van der Waals surface area contributed by atoms with E-state index < -0.39 is 5.97 Å². The first-order chi connectivity index (χ1) is 9.61. The molecule has 2 heterocycles. The molecule has 2 aromatic heterocycles. The minimum atomic E-state index is -0.869. The number of aliphatic carboxylic acids is 1. The Bertz CT molecular complexity index is 617. The van der Waals surface area contributed by atoms with E-state index in [1.165, 1.54) is 11.8 Å². The molecule has 0 spiro atoms. The molecule has 2 rings (SSSR count). The Kier molecular flexibility index (Phi) is 5.13. The third-order valence-corrected chi connectivity index (χ3v) is 3.84. The van der Waals surface area contributed by atoms with Gasteiger partial charge in [-0.25, -0.2) is 0 Å². The number of hydrogen-bond donors (Lipinski definition) is 1. The lowest BCUT2D eigenvalue weighted by Gasteiger charge is -2.08. The summed E-state index contributed by atoms with van der Waals surface area (Å²) in [6.07, 6.45) is 4.32. The summed E-state index contributed by atoms with van der Waals surface area (Å²) in [6, 6.07) is 1.91. The van der Waals surface area contributed by atoms with E-state index in [0.717, 1.165) is 23.0 Å². The fourth-order valence-corrected chi connectivity index (χ4v) is 2.74. The largest absolute Gasteiger partial charge is 0.481 e. The Labute approximate surface area is 128 Å². The Morgan fingerprint density at radius 3 is 2.90 bits per heavy atom. The number of carbonyl (C=O) groups is 1. The summed E-state index contributed by atoms with van der Waals surface area (Å²) in [4.78, 5) is 14.8. The molecule has 0 fully saturated rings. The number of pyridine rings is 1. The molecule has 6 nitrogen and oxygen atoms in total. The third kappa shape index (κ3) is 3.57. The van der Waals surface area contributed by atoms with E-state index in [1.807, 2.05) is 10.6 Å². The van der Waals surface area contributed by atoms with Gasteiger partial charge in [-0.1, -0.05) is 18.7 Å². The van der Waals surface area contributed by atoms with Gasteiger partial charge in [-0.3, -0.25) is 9.78 Å². The maximum absolute atomic E-state index is 10.7. The van der Waals surface area contributed by atoms with Crippen LogP contribution in [-0.4, -0.2) is 36.6 Å². The standard InChI is InChI=1S/C12H13BrN4O2S/c1-2-3-17-11(8-4-9(13)6-14-5-8)15-16-12(17)20-7-10(18)19/h4-6H,2-3,7H2,1H3,(H,18,19). The van der Waals surface area contributed by atoms with E-state index >= 15 is 0 Å². The van der Waals surface area contributed by atoms with Gasteiger partial charge in [0.1, 0.15) is 0 Å². The van der Waals surface area contributed by atoms with Crippen molar-refractivity contribution in [2.24, 2.45) is 0 Å². The molecule has 2 aromatic rings. The van der Waals surface area contributed by atoms with E-state index in [1.54, 1.807) is 12.4 Å². The van der Waals surface area contributed by atoms with Crippen LogP contribution < -0.4 is 0 Å². The predicted octanol–water partition coefficient (Wildman–Crippen LogP) is 2.69. The zero-order chi connectivity index (χ0) is 14.5. The summed E-state index contributed by atoms with van der Waals surface area (Å²) >= 11 is 4.55. The highest BCUT2D eigenvalue weighted by Crippen LogP contribution is 2.25. The smallest absolute Gasteiger partial charge is 0.313 e. The van der Waals surface area contributed by atoms with Crippen molar-refractivity contribution in [1.29, 1.82) is 0 Å². The van der Waals surface area contributed by atoms with Gasteiger partial charge < -0.3 is 9.67 Å². The van der Waals surface area contributed by atoms with E-state index in [-0.39, 0.29) is 5.75 Å². The topological polar surface area (TPSA) is 80.9 Å². The molecule has 0 saturated carbocycles. The van der Waals surface area contributed by atoms with Crippen molar-refractivity contribution in [3.63, 3.8) is 0 Å². The van der Waals surface area contributed by atoms with Gasteiger partial charge in [0.25, 0.3) is 0 Å². The molecule has 0 bridgehead atoms. The van der Waals surface area contributed by atoms with Gasteiger partial charge in [0.2, 0.25) is 0 Å². The average Bonchev–Trinajstić information content (AvgIpc) is 2.80. The van der Waals surface area contributed by atoms with Crippen LogP contribution in [0.3, 0.4) is 0 Å². The first-order valence-electron chi connectivity index (χ1n) is 6.00. The first-order valence-corrected chi connectivity index (χ1v) is 7.78. The van der Waals surface area contributed by atoms with Crippen molar-refractivity contribution < 1.29 is 9.90 Å². The molecule has 0 aromatic carbocycles. The van der Waals surface area contributed by atoms with Gasteiger partial charge in [-0.2, -0.15) is 0 Å². The summed E-state index contributed by atoms with van der Waals surface area (Å²) in [7, 11) is 0. The van der Waals surface area contributed by atoms with Gasteiger partial charge in [0.05, 0.1) is 5.75 Å². The number of nitrogens with zero attached hydrogens (tertiary/aromatic N) is 4. The fourth-order valence-electron chi connectivity index (χ4n) is 1.69. The summed E-state index contributed by atoms with van der Waals surface area (Å²) in [6.45, 7) is 2.78. The highest BCUT2D eigenvalue weighted by Gasteiger charge is 2.15. The zero-order valence-electron chi connectivity index (χ0n) is 10.8. The lowest BCUT2D eigenvalue weighted by atomic mass is 10.2. The maximum Gasteiger partial charge on any atom is 0.313 e. The molecule has 0 atom stereocenters. The van der Waals surface area contributed by atoms with Crippen LogP contribution in [0.5, 0.6) is 0 Å². The van der Waals surface area contributed by atoms with Crippen molar-refractivity contribution in [2.45, 2.75) is 25.0 Å². The number of carboxylic acids is 1. The first kappa shape index (κ1) is 15.0. The average molecular weight is 357 g/mol. The number of aromatic nitrogens is 4. The van der Waals surface area contributed by atoms with Crippen LogP contribution in [0, 0.1) is 0 Å². The van der Waals surface area contributed by atoms with Crippen molar-refractivity contribution in [3.05, 3.63) is 22.9 Å². The van der Waals surface area contributed by atoms with Gasteiger partial charge in [0.15, 0.2) is 11.0 Å². The van der Waals surface area contributed by atoms with E-state index in [2.05, 4.69) is 38.0 Å². The van der Waals surface area contributed by atoms with Crippen LogP contribution in [-0.2, 0) is 11.3 Å². The third-order valence-electron chi connectivity index (χ3n) is 2.45. The molecular formula is C12H13BrN4O2S. The Morgan fingerprint density at radius 1 is 1.45 bits per heavy atom. The van der Waals surface area contributed by atoms with E-state index in [9.17, 15) is 4.79 Å². The Morgan fingerprint density at radius 2 is 2.25 bits per heavy atom. The molecule has 106 valence electrons. The van der Waals surface area contributed by atoms with Gasteiger partial charge in [0, 0.05) is 29.0 Å². The normalized spacial score (nSPS) is 10.7. The van der Waals surface area contributed by atoms with Crippen molar-refractivity contribution in [3.8, 4) is 11.4 Å².